The maximum Gasteiger partial charge on any atom is 0.270 e. The minimum atomic E-state index is -3.78. The van der Waals surface area contributed by atoms with Crippen molar-refractivity contribution in [1.82, 2.24) is 4.31 Å². The zero-order chi connectivity index (χ0) is 18.5. The van der Waals surface area contributed by atoms with Crippen molar-refractivity contribution in [2.24, 2.45) is 0 Å². The molecule has 0 spiro atoms. The topological polar surface area (TPSA) is 104 Å². The third-order valence-electron chi connectivity index (χ3n) is 5.82. The maximum absolute atomic E-state index is 13.2. The number of hydrogen-bond acceptors (Lipinski definition) is 6. The molecule has 4 rings (SSSR count). The summed E-state index contributed by atoms with van der Waals surface area (Å²) >= 11 is 0. The predicted molar refractivity (Wildman–Crippen MR) is 95.6 cm³/mol. The van der Waals surface area contributed by atoms with Crippen molar-refractivity contribution < 1.29 is 18.4 Å². The number of anilines is 1. The Hall–Kier alpha value is -1.71. The van der Waals surface area contributed by atoms with Crippen LogP contribution in [0, 0.1) is 10.1 Å². The number of benzene rings is 1. The molecule has 2 atom stereocenters. The first-order chi connectivity index (χ1) is 12.4. The second-order valence-corrected chi connectivity index (χ2v) is 9.34. The first-order valence-corrected chi connectivity index (χ1v) is 10.6. The fourth-order valence-corrected chi connectivity index (χ4v) is 6.37. The van der Waals surface area contributed by atoms with E-state index in [1.54, 1.807) is 6.07 Å². The van der Waals surface area contributed by atoms with Gasteiger partial charge in [0.05, 0.1) is 16.7 Å². The van der Waals surface area contributed by atoms with Crippen LogP contribution < -0.4 is 4.90 Å². The summed E-state index contributed by atoms with van der Waals surface area (Å²) in [5, 5.41) is 21.3. The first kappa shape index (κ1) is 17.7. The Morgan fingerprint density at radius 2 is 1.73 bits per heavy atom. The summed E-state index contributed by atoms with van der Waals surface area (Å²) < 4.78 is 27.8. The Morgan fingerprint density at radius 3 is 2.31 bits per heavy atom. The molecule has 142 valence electrons. The van der Waals surface area contributed by atoms with Gasteiger partial charge in [0.1, 0.15) is 4.90 Å². The lowest BCUT2D eigenvalue weighted by molar-refractivity contribution is -0.385. The fraction of sp³-hybridized carbons (Fsp3) is 0.647. The van der Waals surface area contributed by atoms with E-state index in [0.29, 0.717) is 31.6 Å². The number of rotatable bonds is 4. The summed E-state index contributed by atoms with van der Waals surface area (Å²) in [4.78, 5) is 12.8. The number of nitro benzene ring substituents is 1. The van der Waals surface area contributed by atoms with Crippen LogP contribution in [0.2, 0.25) is 0 Å². The minimum Gasteiger partial charge on any atom is -0.393 e. The average molecular weight is 381 g/mol. The van der Waals surface area contributed by atoms with Gasteiger partial charge in [-0.1, -0.05) is 0 Å². The van der Waals surface area contributed by atoms with Crippen molar-refractivity contribution in [1.29, 1.82) is 0 Å². The van der Waals surface area contributed by atoms with Gasteiger partial charge in [-0.15, -0.1) is 0 Å². The Bertz CT molecular complexity index is 808. The lowest BCUT2D eigenvalue weighted by Crippen LogP contribution is -2.45. The highest BCUT2D eigenvalue weighted by Gasteiger charge is 2.43. The van der Waals surface area contributed by atoms with E-state index in [2.05, 4.69) is 4.90 Å². The molecule has 3 heterocycles. The lowest BCUT2D eigenvalue weighted by atomic mass is 9.99. The van der Waals surface area contributed by atoms with E-state index < -0.39 is 14.9 Å². The number of nitro groups is 1. The van der Waals surface area contributed by atoms with Gasteiger partial charge in [-0.3, -0.25) is 10.1 Å². The number of non-ortho nitro benzene ring substituents is 1. The van der Waals surface area contributed by atoms with Crippen molar-refractivity contribution in [3.63, 3.8) is 0 Å². The number of sulfonamides is 1. The van der Waals surface area contributed by atoms with Crippen LogP contribution in [0.3, 0.4) is 0 Å². The van der Waals surface area contributed by atoms with Crippen molar-refractivity contribution in [3.8, 4) is 0 Å². The Labute approximate surface area is 152 Å². The van der Waals surface area contributed by atoms with Gasteiger partial charge in [0.25, 0.3) is 5.69 Å². The van der Waals surface area contributed by atoms with Gasteiger partial charge < -0.3 is 10.0 Å². The molecule has 2 unspecified atom stereocenters. The lowest BCUT2D eigenvalue weighted by Gasteiger charge is -2.40. The van der Waals surface area contributed by atoms with E-state index in [9.17, 15) is 23.6 Å². The van der Waals surface area contributed by atoms with Crippen LogP contribution in [0.4, 0.5) is 11.4 Å². The third kappa shape index (κ3) is 2.87. The van der Waals surface area contributed by atoms with Crippen molar-refractivity contribution in [2.75, 3.05) is 18.0 Å². The molecule has 3 saturated heterocycles. The summed E-state index contributed by atoms with van der Waals surface area (Å²) in [6.07, 6.45) is 4.28. The van der Waals surface area contributed by atoms with Crippen LogP contribution in [0.15, 0.2) is 23.1 Å². The SMILES string of the molecule is O=[N+]([O-])c1ccc(N2C3CCC2CC(O)C3)c(S(=O)(=O)N2CCCC2)c1. The quantitative estimate of drug-likeness (QED) is 0.631. The molecule has 0 radical (unpaired) electrons. The molecule has 1 N–H and O–H groups in total. The van der Waals surface area contributed by atoms with Crippen LogP contribution in [-0.2, 0) is 10.0 Å². The molecular weight excluding hydrogens is 358 g/mol. The van der Waals surface area contributed by atoms with Gasteiger partial charge in [0, 0.05) is 37.3 Å². The minimum absolute atomic E-state index is 0.0295. The van der Waals surface area contributed by atoms with Crippen LogP contribution in [-0.4, -0.2) is 54.0 Å². The maximum atomic E-state index is 13.2. The number of aliphatic hydroxyl groups excluding tert-OH is 1. The second-order valence-electron chi connectivity index (χ2n) is 7.44. The number of hydrogen-bond donors (Lipinski definition) is 1. The van der Waals surface area contributed by atoms with Crippen LogP contribution >= 0.6 is 0 Å². The zero-order valence-corrected chi connectivity index (χ0v) is 15.3. The molecule has 8 nitrogen and oxygen atoms in total. The van der Waals surface area contributed by atoms with Crippen LogP contribution in [0.1, 0.15) is 38.5 Å². The van der Waals surface area contributed by atoms with E-state index >= 15 is 0 Å². The molecule has 9 heteroatoms. The average Bonchev–Trinajstić information content (AvgIpc) is 3.22. The van der Waals surface area contributed by atoms with E-state index in [4.69, 9.17) is 0 Å². The molecule has 26 heavy (non-hydrogen) atoms. The van der Waals surface area contributed by atoms with Crippen LogP contribution in [0.5, 0.6) is 0 Å². The highest BCUT2D eigenvalue weighted by atomic mass is 32.2. The van der Waals surface area contributed by atoms with Crippen molar-refractivity contribution in [3.05, 3.63) is 28.3 Å². The highest BCUT2D eigenvalue weighted by Crippen LogP contribution is 2.43. The summed E-state index contributed by atoms with van der Waals surface area (Å²) in [6, 6.07) is 4.32. The smallest absolute Gasteiger partial charge is 0.270 e. The predicted octanol–water partition coefficient (Wildman–Crippen LogP) is 1.87. The van der Waals surface area contributed by atoms with Gasteiger partial charge >= 0.3 is 0 Å². The fourth-order valence-electron chi connectivity index (χ4n) is 4.65. The van der Waals surface area contributed by atoms with Crippen LogP contribution in [0.25, 0.3) is 0 Å². The zero-order valence-electron chi connectivity index (χ0n) is 14.5. The summed E-state index contributed by atoms with van der Waals surface area (Å²) in [5.41, 5.74) is 0.331. The summed E-state index contributed by atoms with van der Waals surface area (Å²) in [7, 11) is -3.78. The molecule has 1 aromatic carbocycles. The largest absolute Gasteiger partial charge is 0.393 e. The van der Waals surface area contributed by atoms with Crippen molar-refractivity contribution in [2.45, 2.75) is 61.6 Å². The molecule has 3 aliphatic rings. The second kappa shape index (κ2) is 6.47. The van der Waals surface area contributed by atoms with E-state index in [1.807, 2.05) is 0 Å². The van der Waals surface area contributed by atoms with Gasteiger partial charge in [0.2, 0.25) is 10.0 Å². The monoisotopic (exact) mass is 381 g/mol. The molecule has 0 amide bonds. The van der Waals surface area contributed by atoms with Gasteiger partial charge in [0.15, 0.2) is 0 Å². The van der Waals surface area contributed by atoms with Gasteiger partial charge in [-0.25, -0.2) is 8.42 Å². The van der Waals surface area contributed by atoms with E-state index in [0.717, 1.165) is 25.7 Å². The number of nitrogens with zero attached hydrogens (tertiary/aromatic N) is 3. The Balaban J connectivity index is 1.81. The van der Waals surface area contributed by atoms with Crippen molar-refractivity contribution >= 4 is 21.4 Å². The highest BCUT2D eigenvalue weighted by molar-refractivity contribution is 7.89. The Morgan fingerprint density at radius 1 is 1.12 bits per heavy atom. The molecule has 0 saturated carbocycles. The molecular formula is C17H23N3O5S. The first-order valence-electron chi connectivity index (χ1n) is 9.13. The number of aliphatic hydroxyl groups is 1. The molecule has 0 aliphatic carbocycles. The van der Waals surface area contributed by atoms with Gasteiger partial charge in [-0.2, -0.15) is 4.31 Å². The summed E-state index contributed by atoms with van der Waals surface area (Å²) in [6.45, 7) is 0.909. The van der Waals surface area contributed by atoms with Gasteiger partial charge in [-0.05, 0) is 44.6 Å². The summed E-state index contributed by atoms with van der Waals surface area (Å²) in [5.74, 6) is 0. The molecule has 1 aromatic rings. The normalized spacial score (nSPS) is 29.3. The molecule has 0 aromatic heterocycles. The van der Waals surface area contributed by atoms with E-state index in [1.165, 1.54) is 16.4 Å². The number of fused-ring (bicyclic) bond motifs is 2. The third-order valence-corrected chi connectivity index (χ3v) is 7.75. The molecule has 3 fully saturated rings. The van der Waals surface area contributed by atoms with E-state index in [-0.39, 0.29) is 28.8 Å². The Kier molecular flexibility index (Phi) is 4.40. The molecule has 2 bridgehead atoms. The number of piperidine rings is 1. The standard InChI is InChI=1S/C17H23N3O5S/c21-15-9-12-3-4-13(10-15)19(12)16-6-5-14(20(22)23)11-17(16)26(24,25)18-7-1-2-8-18/h5-6,11-13,15,21H,1-4,7-10H2. The molecule has 3 aliphatic heterocycles.